The molecule has 0 amide bonds. The molecule has 0 aliphatic carbocycles. The highest BCUT2D eigenvalue weighted by atomic mass is 16.8. The van der Waals surface area contributed by atoms with Gasteiger partial charge in [0.25, 0.3) is 0 Å². The zero-order valence-corrected chi connectivity index (χ0v) is 9.56. The van der Waals surface area contributed by atoms with Crippen LogP contribution < -0.4 is 0 Å². The minimum atomic E-state index is -0.568. The molecule has 5 heteroatoms. The van der Waals surface area contributed by atoms with Crippen molar-refractivity contribution in [2.45, 2.75) is 44.2 Å². The average molecular weight is 218 g/mol. The van der Waals surface area contributed by atoms with Crippen molar-refractivity contribution in [2.24, 2.45) is 0 Å². The summed E-state index contributed by atoms with van der Waals surface area (Å²) in [6, 6.07) is 0. The molecule has 0 unspecified atom stereocenters. The summed E-state index contributed by atoms with van der Waals surface area (Å²) in [4.78, 5) is 0. The first-order valence-electron chi connectivity index (χ1n) is 5.10. The standard InChI is InChI=1S/C10H18O5/c1-10(2)14-7-6(5-11-3)13-9(12-4)8(7)15-10/h6-9H,5H2,1-4H3/t6-,7-,8-,9+/m1/s1. The summed E-state index contributed by atoms with van der Waals surface area (Å²) in [5.41, 5.74) is 0. The van der Waals surface area contributed by atoms with Gasteiger partial charge in [-0.25, -0.2) is 0 Å². The van der Waals surface area contributed by atoms with Gasteiger partial charge in [-0.15, -0.1) is 0 Å². The number of hydrogen-bond acceptors (Lipinski definition) is 5. The van der Waals surface area contributed by atoms with Gasteiger partial charge in [-0.05, 0) is 13.8 Å². The smallest absolute Gasteiger partial charge is 0.186 e. The minimum absolute atomic E-state index is 0.107. The van der Waals surface area contributed by atoms with E-state index in [1.54, 1.807) is 14.2 Å². The van der Waals surface area contributed by atoms with Gasteiger partial charge in [-0.3, -0.25) is 0 Å². The molecule has 0 bridgehead atoms. The molecule has 2 aliphatic rings. The number of methoxy groups -OCH3 is 2. The molecule has 0 spiro atoms. The highest BCUT2D eigenvalue weighted by Crippen LogP contribution is 2.38. The largest absolute Gasteiger partial charge is 0.382 e. The second kappa shape index (κ2) is 3.99. The first-order valence-corrected chi connectivity index (χ1v) is 5.10. The maximum absolute atomic E-state index is 5.76. The Morgan fingerprint density at radius 3 is 2.40 bits per heavy atom. The van der Waals surface area contributed by atoms with Crippen molar-refractivity contribution < 1.29 is 23.7 Å². The summed E-state index contributed by atoms with van der Waals surface area (Å²) >= 11 is 0. The van der Waals surface area contributed by atoms with E-state index in [1.165, 1.54) is 0 Å². The minimum Gasteiger partial charge on any atom is -0.382 e. The Kier molecular flexibility index (Phi) is 3.00. The first kappa shape index (κ1) is 11.3. The molecular weight excluding hydrogens is 200 g/mol. The summed E-state index contributed by atoms with van der Waals surface area (Å²) in [7, 11) is 3.24. The SMILES string of the molecule is COC[C@H]1O[C@H](OC)[C@@H]2OC(C)(C)O[C@@H]21. The van der Waals surface area contributed by atoms with E-state index >= 15 is 0 Å². The van der Waals surface area contributed by atoms with E-state index in [0.717, 1.165) is 0 Å². The lowest BCUT2D eigenvalue weighted by molar-refractivity contribution is -0.231. The molecule has 5 nitrogen and oxygen atoms in total. The Morgan fingerprint density at radius 2 is 1.80 bits per heavy atom. The third kappa shape index (κ3) is 2.03. The Hall–Kier alpha value is -0.200. The zero-order valence-electron chi connectivity index (χ0n) is 9.56. The number of ether oxygens (including phenoxy) is 5. The van der Waals surface area contributed by atoms with Gasteiger partial charge < -0.3 is 23.7 Å². The molecule has 0 N–H and O–H groups in total. The lowest BCUT2D eigenvalue weighted by atomic mass is 10.1. The molecule has 4 atom stereocenters. The molecule has 2 rings (SSSR count). The van der Waals surface area contributed by atoms with Crippen molar-refractivity contribution in [1.82, 2.24) is 0 Å². The van der Waals surface area contributed by atoms with Crippen molar-refractivity contribution in [1.29, 1.82) is 0 Å². The summed E-state index contributed by atoms with van der Waals surface area (Å²) in [6.07, 6.45) is -0.751. The fraction of sp³-hybridized carbons (Fsp3) is 1.00. The molecule has 2 fully saturated rings. The van der Waals surface area contributed by atoms with Crippen LogP contribution in [0.15, 0.2) is 0 Å². The molecule has 15 heavy (non-hydrogen) atoms. The summed E-state index contributed by atoms with van der Waals surface area (Å²) < 4.78 is 27.4. The van der Waals surface area contributed by atoms with Crippen molar-refractivity contribution in [3.05, 3.63) is 0 Å². The van der Waals surface area contributed by atoms with Gasteiger partial charge in [0.15, 0.2) is 12.1 Å². The lowest BCUT2D eigenvalue weighted by Gasteiger charge is -2.23. The van der Waals surface area contributed by atoms with E-state index in [1.807, 2.05) is 13.8 Å². The van der Waals surface area contributed by atoms with Gasteiger partial charge in [0, 0.05) is 14.2 Å². The van der Waals surface area contributed by atoms with Crippen LogP contribution in [0.4, 0.5) is 0 Å². The van der Waals surface area contributed by atoms with Crippen LogP contribution in [0.5, 0.6) is 0 Å². The van der Waals surface area contributed by atoms with Gasteiger partial charge in [-0.2, -0.15) is 0 Å². The van der Waals surface area contributed by atoms with E-state index in [9.17, 15) is 0 Å². The van der Waals surface area contributed by atoms with Crippen molar-refractivity contribution in [2.75, 3.05) is 20.8 Å². The van der Waals surface area contributed by atoms with Crippen LogP contribution in [0.1, 0.15) is 13.8 Å². The third-order valence-electron chi connectivity index (χ3n) is 2.67. The molecule has 0 aromatic rings. The van der Waals surface area contributed by atoms with Crippen LogP contribution in [0, 0.1) is 0 Å². The van der Waals surface area contributed by atoms with E-state index in [0.29, 0.717) is 6.61 Å². The van der Waals surface area contributed by atoms with Gasteiger partial charge in [0.2, 0.25) is 0 Å². The quantitative estimate of drug-likeness (QED) is 0.691. The van der Waals surface area contributed by atoms with Gasteiger partial charge >= 0.3 is 0 Å². The predicted molar refractivity (Wildman–Crippen MR) is 51.4 cm³/mol. The van der Waals surface area contributed by atoms with Crippen LogP contribution in [0.25, 0.3) is 0 Å². The highest BCUT2D eigenvalue weighted by molar-refractivity contribution is 4.94. The number of fused-ring (bicyclic) bond motifs is 1. The Bertz CT molecular complexity index is 230. The number of rotatable bonds is 3. The Labute approximate surface area is 89.6 Å². The molecule has 2 aliphatic heterocycles. The summed E-state index contributed by atoms with van der Waals surface area (Å²) in [5.74, 6) is -0.568. The topological polar surface area (TPSA) is 46.2 Å². The number of hydrogen-bond donors (Lipinski definition) is 0. The normalized spacial score (nSPS) is 43.2. The molecule has 0 aromatic carbocycles. The first-order chi connectivity index (χ1) is 7.07. The fourth-order valence-electron chi connectivity index (χ4n) is 2.13. The van der Waals surface area contributed by atoms with E-state index in [2.05, 4.69) is 0 Å². The predicted octanol–water partition coefficient (Wildman–Crippen LogP) is 0.524. The van der Waals surface area contributed by atoms with Gasteiger partial charge in [0.1, 0.15) is 18.3 Å². The zero-order chi connectivity index (χ0) is 11.1. The maximum atomic E-state index is 5.76. The highest BCUT2D eigenvalue weighted by Gasteiger charge is 2.55. The lowest BCUT2D eigenvalue weighted by Crippen LogP contribution is -2.32. The molecule has 0 aromatic heterocycles. The fourth-order valence-corrected chi connectivity index (χ4v) is 2.13. The molecule has 2 heterocycles. The summed E-state index contributed by atoms with van der Waals surface area (Å²) in [5, 5.41) is 0. The van der Waals surface area contributed by atoms with Crippen LogP contribution >= 0.6 is 0 Å². The summed E-state index contributed by atoms with van der Waals surface area (Å²) in [6.45, 7) is 4.27. The Morgan fingerprint density at radius 1 is 1.13 bits per heavy atom. The van der Waals surface area contributed by atoms with Crippen LogP contribution in [0.3, 0.4) is 0 Å². The second-order valence-electron chi connectivity index (χ2n) is 4.30. The second-order valence-corrected chi connectivity index (χ2v) is 4.30. The molecule has 0 saturated carbocycles. The molecule has 0 radical (unpaired) electrons. The van der Waals surface area contributed by atoms with Gasteiger partial charge in [-0.1, -0.05) is 0 Å². The van der Waals surface area contributed by atoms with Crippen molar-refractivity contribution in [3.8, 4) is 0 Å². The van der Waals surface area contributed by atoms with E-state index in [4.69, 9.17) is 23.7 Å². The van der Waals surface area contributed by atoms with Crippen LogP contribution in [-0.2, 0) is 23.7 Å². The monoisotopic (exact) mass is 218 g/mol. The molecule has 2 saturated heterocycles. The maximum Gasteiger partial charge on any atom is 0.186 e. The Balaban J connectivity index is 2.08. The molecular formula is C10H18O5. The van der Waals surface area contributed by atoms with Crippen LogP contribution in [-0.4, -0.2) is 51.2 Å². The van der Waals surface area contributed by atoms with Crippen LogP contribution in [0.2, 0.25) is 0 Å². The third-order valence-corrected chi connectivity index (χ3v) is 2.67. The van der Waals surface area contributed by atoms with E-state index < -0.39 is 5.79 Å². The van der Waals surface area contributed by atoms with Gasteiger partial charge in [0.05, 0.1) is 6.61 Å². The molecule has 88 valence electrons. The van der Waals surface area contributed by atoms with E-state index in [-0.39, 0.29) is 24.6 Å². The van der Waals surface area contributed by atoms with Crippen molar-refractivity contribution >= 4 is 0 Å². The van der Waals surface area contributed by atoms with Crippen molar-refractivity contribution in [3.63, 3.8) is 0 Å². The average Bonchev–Trinajstić information content (AvgIpc) is 2.61.